The first-order valence-electron chi connectivity index (χ1n) is 3.89. The summed E-state index contributed by atoms with van der Waals surface area (Å²) in [6, 6.07) is 0. The molecule has 0 amide bonds. The summed E-state index contributed by atoms with van der Waals surface area (Å²) in [6.45, 7) is 1.86. The fourth-order valence-corrected chi connectivity index (χ4v) is 2.33. The Labute approximate surface area is 88.4 Å². The molecule has 6 heteroatoms. The average Bonchev–Trinajstić information content (AvgIpc) is 2.64. The molecule has 2 aromatic rings. The van der Waals surface area contributed by atoms with E-state index in [0.717, 1.165) is 17.0 Å². The molecular weight excluding hydrogens is 218 g/mol. The Balaban J connectivity index is 2.33. The molecule has 2 aromatic heterocycles. The second-order valence-corrected chi connectivity index (χ2v) is 4.40. The third-order valence-corrected chi connectivity index (χ3v) is 3.34. The summed E-state index contributed by atoms with van der Waals surface area (Å²) in [5.41, 5.74) is 0.851. The third-order valence-electron chi connectivity index (χ3n) is 1.46. The fraction of sp³-hybridized carbons (Fsp3) is 0.125. The van der Waals surface area contributed by atoms with Crippen LogP contribution in [0.1, 0.15) is 5.69 Å². The Kier molecular flexibility index (Phi) is 2.64. The average molecular weight is 225 g/mol. The molecule has 14 heavy (non-hydrogen) atoms. The van der Waals surface area contributed by atoms with Crippen LogP contribution in [-0.4, -0.2) is 15.0 Å². The zero-order valence-corrected chi connectivity index (χ0v) is 8.98. The molecule has 0 fully saturated rings. The molecule has 0 saturated carbocycles. The highest BCUT2D eigenvalue weighted by atomic mass is 32.2. The van der Waals surface area contributed by atoms with Gasteiger partial charge in [-0.2, -0.15) is 0 Å². The summed E-state index contributed by atoms with van der Waals surface area (Å²) < 4.78 is -0.0306. The van der Waals surface area contributed by atoms with Crippen molar-refractivity contribution in [1.82, 2.24) is 15.0 Å². The van der Waals surface area contributed by atoms with Crippen LogP contribution in [-0.2, 0) is 0 Å². The van der Waals surface area contributed by atoms with Gasteiger partial charge in [-0.3, -0.25) is 4.79 Å². The Morgan fingerprint density at radius 3 is 3.14 bits per heavy atom. The topological polar surface area (TPSA) is 58.6 Å². The lowest BCUT2D eigenvalue weighted by Crippen LogP contribution is -2.01. The molecular formula is C8H7N3OS2. The maximum absolute atomic E-state index is 11.4. The van der Waals surface area contributed by atoms with Crippen LogP contribution in [0.15, 0.2) is 32.8 Å². The zero-order chi connectivity index (χ0) is 9.97. The summed E-state index contributed by atoms with van der Waals surface area (Å²) in [5.74, 6) is 0. The quantitative estimate of drug-likeness (QED) is 0.845. The third kappa shape index (κ3) is 2.02. The monoisotopic (exact) mass is 225 g/mol. The minimum Gasteiger partial charge on any atom is -0.339 e. The van der Waals surface area contributed by atoms with E-state index in [0.29, 0.717) is 10.2 Å². The van der Waals surface area contributed by atoms with Gasteiger partial charge in [-0.25, -0.2) is 9.97 Å². The first-order chi connectivity index (χ1) is 6.75. The molecule has 0 bridgehead atoms. The minimum absolute atomic E-state index is 0.0306. The summed E-state index contributed by atoms with van der Waals surface area (Å²) in [4.78, 5) is 22.5. The maximum atomic E-state index is 11.4. The molecule has 2 rings (SSSR count). The van der Waals surface area contributed by atoms with E-state index in [-0.39, 0.29) is 4.74 Å². The Bertz CT molecular complexity index is 478. The van der Waals surface area contributed by atoms with Gasteiger partial charge >= 0.3 is 0 Å². The van der Waals surface area contributed by atoms with Gasteiger partial charge in [-0.05, 0) is 18.7 Å². The molecule has 0 saturated heterocycles. The standard InChI is InChI=1S/C8H7N3OS2/c1-5-4-13-7(12)6(11-5)14-8-9-2-3-10-8/h2-4H,1H3,(H,9,10). The molecule has 4 nitrogen and oxygen atoms in total. The highest BCUT2D eigenvalue weighted by Crippen LogP contribution is 2.19. The van der Waals surface area contributed by atoms with E-state index in [1.165, 1.54) is 11.8 Å². The van der Waals surface area contributed by atoms with Crippen LogP contribution in [0.4, 0.5) is 0 Å². The fourth-order valence-electron chi connectivity index (χ4n) is 0.884. The smallest absolute Gasteiger partial charge is 0.265 e. The predicted molar refractivity (Wildman–Crippen MR) is 55.8 cm³/mol. The van der Waals surface area contributed by atoms with Gasteiger partial charge < -0.3 is 4.98 Å². The zero-order valence-electron chi connectivity index (χ0n) is 7.35. The van der Waals surface area contributed by atoms with Gasteiger partial charge in [0.15, 0.2) is 10.2 Å². The number of aryl methyl sites for hydroxylation is 1. The number of nitrogens with zero attached hydrogens (tertiary/aromatic N) is 2. The van der Waals surface area contributed by atoms with Gasteiger partial charge in [-0.1, -0.05) is 11.3 Å². The molecule has 0 aliphatic carbocycles. The van der Waals surface area contributed by atoms with Crippen LogP contribution in [0.25, 0.3) is 0 Å². The van der Waals surface area contributed by atoms with Crippen molar-refractivity contribution in [3.05, 3.63) is 33.0 Å². The number of aromatic amines is 1. The van der Waals surface area contributed by atoms with Crippen molar-refractivity contribution in [2.24, 2.45) is 0 Å². The number of nitrogens with one attached hydrogen (secondary N) is 1. The van der Waals surface area contributed by atoms with Crippen molar-refractivity contribution < 1.29 is 0 Å². The lowest BCUT2D eigenvalue weighted by atomic mass is 10.6. The van der Waals surface area contributed by atoms with E-state index in [9.17, 15) is 4.79 Å². The number of imidazole rings is 1. The van der Waals surface area contributed by atoms with Crippen LogP contribution in [0, 0.1) is 6.92 Å². The van der Waals surface area contributed by atoms with Crippen molar-refractivity contribution in [2.45, 2.75) is 17.1 Å². The first kappa shape index (κ1) is 9.42. The molecule has 2 heterocycles. The van der Waals surface area contributed by atoms with Crippen molar-refractivity contribution >= 4 is 23.1 Å². The second-order valence-electron chi connectivity index (χ2n) is 2.58. The normalized spacial score (nSPS) is 10.4. The number of hydrogen-bond acceptors (Lipinski definition) is 5. The van der Waals surface area contributed by atoms with Crippen molar-refractivity contribution in [1.29, 1.82) is 0 Å². The molecule has 0 unspecified atom stereocenters. The Hall–Kier alpha value is -1.14. The number of H-pyrrole nitrogens is 1. The van der Waals surface area contributed by atoms with Gasteiger partial charge in [0.25, 0.3) is 4.74 Å². The van der Waals surface area contributed by atoms with Crippen LogP contribution in [0.3, 0.4) is 0 Å². The van der Waals surface area contributed by atoms with Crippen LogP contribution < -0.4 is 4.74 Å². The summed E-state index contributed by atoms with van der Waals surface area (Å²) >= 11 is 2.42. The molecule has 1 N–H and O–H groups in total. The van der Waals surface area contributed by atoms with E-state index in [2.05, 4.69) is 15.0 Å². The molecule has 0 atom stereocenters. The van der Waals surface area contributed by atoms with Gasteiger partial charge in [-0.15, -0.1) is 0 Å². The highest BCUT2D eigenvalue weighted by molar-refractivity contribution is 7.99. The summed E-state index contributed by atoms with van der Waals surface area (Å²) in [6.07, 6.45) is 3.36. The van der Waals surface area contributed by atoms with Crippen LogP contribution in [0.2, 0.25) is 0 Å². The molecule has 0 radical (unpaired) electrons. The summed E-state index contributed by atoms with van der Waals surface area (Å²) in [7, 11) is 0. The van der Waals surface area contributed by atoms with Crippen molar-refractivity contribution in [3.63, 3.8) is 0 Å². The van der Waals surface area contributed by atoms with Gasteiger partial charge in [0.2, 0.25) is 0 Å². The predicted octanol–water partition coefficient (Wildman–Crippen LogP) is 1.69. The Morgan fingerprint density at radius 1 is 1.57 bits per heavy atom. The van der Waals surface area contributed by atoms with Crippen molar-refractivity contribution in [2.75, 3.05) is 0 Å². The lowest BCUT2D eigenvalue weighted by molar-refractivity contribution is 1.02. The minimum atomic E-state index is -0.0306. The van der Waals surface area contributed by atoms with Crippen LogP contribution in [0.5, 0.6) is 0 Å². The van der Waals surface area contributed by atoms with E-state index >= 15 is 0 Å². The SMILES string of the molecule is Cc1csc(=O)c(Sc2ncc[nH]2)n1. The molecule has 72 valence electrons. The van der Waals surface area contributed by atoms with Gasteiger partial charge in [0.05, 0.1) is 0 Å². The maximum Gasteiger partial charge on any atom is 0.265 e. The second kappa shape index (κ2) is 3.93. The molecule has 0 aliphatic heterocycles. The molecule has 0 aliphatic rings. The lowest BCUT2D eigenvalue weighted by Gasteiger charge is -1.95. The van der Waals surface area contributed by atoms with E-state index in [1.54, 1.807) is 17.8 Å². The Morgan fingerprint density at radius 2 is 2.43 bits per heavy atom. The van der Waals surface area contributed by atoms with Crippen molar-refractivity contribution in [3.8, 4) is 0 Å². The largest absolute Gasteiger partial charge is 0.339 e. The van der Waals surface area contributed by atoms with E-state index in [1.807, 2.05) is 6.92 Å². The van der Waals surface area contributed by atoms with Gasteiger partial charge in [0.1, 0.15) is 0 Å². The number of aromatic nitrogens is 3. The van der Waals surface area contributed by atoms with E-state index < -0.39 is 0 Å². The highest BCUT2D eigenvalue weighted by Gasteiger charge is 2.05. The van der Waals surface area contributed by atoms with Crippen LogP contribution >= 0.6 is 23.1 Å². The molecule has 0 spiro atoms. The number of rotatable bonds is 2. The molecule has 0 aromatic carbocycles. The van der Waals surface area contributed by atoms with E-state index in [4.69, 9.17) is 0 Å². The first-order valence-corrected chi connectivity index (χ1v) is 5.59. The number of hydrogen-bond donors (Lipinski definition) is 1. The van der Waals surface area contributed by atoms with Gasteiger partial charge in [0, 0.05) is 23.5 Å². The summed E-state index contributed by atoms with van der Waals surface area (Å²) in [5, 5.41) is 2.91.